The van der Waals surface area contributed by atoms with Crippen LogP contribution < -0.4 is 0 Å². The van der Waals surface area contributed by atoms with Crippen LogP contribution >= 0.6 is 0 Å². The van der Waals surface area contributed by atoms with Crippen LogP contribution in [0.4, 0.5) is 0 Å². The molecule has 0 spiro atoms. The van der Waals surface area contributed by atoms with Crippen LogP contribution in [0.15, 0.2) is 47.4 Å². The summed E-state index contributed by atoms with van der Waals surface area (Å²) in [6.07, 6.45) is 0. The molecule has 0 atom stereocenters. The van der Waals surface area contributed by atoms with E-state index in [1.807, 2.05) is 25.1 Å². The lowest BCUT2D eigenvalue weighted by atomic mass is 10.1. The second-order valence-electron chi connectivity index (χ2n) is 9.24. The lowest BCUT2D eigenvalue weighted by Crippen LogP contribution is -2.40. The number of sulfonamides is 1. The smallest absolute Gasteiger partial charge is 0.243 e. The summed E-state index contributed by atoms with van der Waals surface area (Å²) in [7, 11) is -5.29. The van der Waals surface area contributed by atoms with Crippen molar-refractivity contribution in [3.05, 3.63) is 64.7 Å². The van der Waals surface area contributed by atoms with Gasteiger partial charge >= 0.3 is 0 Å². The van der Waals surface area contributed by atoms with Crippen molar-refractivity contribution < 1.29 is 12.8 Å². The van der Waals surface area contributed by atoms with Crippen LogP contribution in [-0.4, -0.2) is 21.0 Å². The van der Waals surface area contributed by atoms with Gasteiger partial charge in [0.1, 0.15) is 0 Å². The summed E-state index contributed by atoms with van der Waals surface area (Å²) in [6, 6.07) is 13.3. The molecular formula is C22H31NO3SSi. The third-order valence-corrected chi connectivity index (χ3v) is 12.3. The zero-order valence-electron chi connectivity index (χ0n) is 17.7. The van der Waals surface area contributed by atoms with Crippen LogP contribution in [0, 0.1) is 6.92 Å². The first-order valence-electron chi connectivity index (χ1n) is 9.72. The van der Waals surface area contributed by atoms with E-state index in [1.165, 1.54) is 0 Å². The minimum atomic E-state index is -3.48. The molecule has 3 rings (SSSR count). The summed E-state index contributed by atoms with van der Waals surface area (Å²) in [4.78, 5) is 0.354. The second kappa shape index (κ2) is 7.41. The molecule has 152 valence electrons. The molecule has 0 fully saturated rings. The molecule has 0 aliphatic carbocycles. The Labute approximate surface area is 170 Å². The zero-order chi connectivity index (χ0) is 20.7. The Balaban J connectivity index is 1.74. The van der Waals surface area contributed by atoms with Crippen LogP contribution in [0.2, 0.25) is 18.1 Å². The number of hydrogen-bond acceptors (Lipinski definition) is 3. The molecular weight excluding hydrogens is 386 g/mol. The summed E-state index contributed by atoms with van der Waals surface area (Å²) >= 11 is 0. The number of rotatable bonds is 5. The van der Waals surface area contributed by atoms with E-state index in [0.29, 0.717) is 24.6 Å². The largest absolute Gasteiger partial charge is 0.413 e. The van der Waals surface area contributed by atoms with E-state index in [9.17, 15) is 8.42 Å². The number of hydrogen-bond donors (Lipinski definition) is 0. The molecule has 0 amide bonds. The van der Waals surface area contributed by atoms with Gasteiger partial charge in [-0.05, 0) is 53.9 Å². The van der Waals surface area contributed by atoms with Gasteiger partial charge in [0.15, 0.2) is 8.32 Å². The molecule has 0 unspecified atom stereocenters. The maximum Gasteiger partial charge on any atom is 0.243 e. The van der Waals surface area contributed by atoms with Gasteiger partial charge in [-0.2, -0.15) is 4.31 Å². The first-order valence-corrected chi connectivity index (χ1v) is 14.1. The summed E-state index contributed by atoms with van der Waals surface area (Å²) < 4.78 is 33.8. The Bertz CT molecular complexity index is 960. The van der Waals surface area contributed by atoms with Crippen molar-refractivity contribution in [2.45, 2.75) is 70.4 Å². The lowest BCUT2D eigenvalue weighted by molar-refractivity contribution is 0.276. The number of aryl methyl sites for hydroxylation is 1. The first-order chi connectivity index (χ1) is 12.9. The fourth-order valence-electron chi connectivity index (χ4n) is 3.02. The molecule has 1 aliphatic rings. The lowest BCUT2D eigenvalue weighted by Gasteiger charge is -2.36. The van der Waals surface area contributed by atoms with Gasteiger partial charge in [0.2, 0.25) is 10.0 Å². The molecule has 4 nitrogen and oxygen atoms in total. The van der Waals surface area contributed by atoms with Gasteiger partial charge in [-0.25, -0.2) is 8.42 Å². The fraction of sp³-hybridized carbons (Fsp3) is 0.455. The van der Waals surface area contributed by atoms with Crippen molar-refractivity contribution in [2.24, 2.45) is 0 Å². The predicted octanol–water partition coefficient (Wildman–Crippen LogP) is 5.22. The Morgan fingerprint density at radius 1 is 1.00 bits per heavy atom. The highest BCUT2D eigenvalue weighted by atomic mass is 32.2. The number of benzene rings is 2. The normalized spacial score (nSPS) is 15.6. The van der Waals surface area contributed by atoms with Gasteiger partial charge in [0.05, 0.1) is 11.5 Å². The second-order valence-corrected chi connectivity index (χ2v) is 16.0. The summed E-state index contributed by atoms with van der Waals surface area (Å²) in [5.74, 6) is 0. The minimum Gasteiger partial charge on any atom is -0.413 e. The van der Waals surface area contributed by atoms with E-state index in [1.54, 1.807) is 16.4 Å². The number of nitrogens with zero attached hydrogens (tertiary/aromatic N) is 1. The van der Waals surface area contributed by atoms with Crippen LogP contribution in [0.1, 0.15) is 43.0 Å². The number of fused-ring (bicyclic) bond motifs is 1. The van der Waals surface area contributed by atoms with E-state index in [-0.39, 0.29) is 5.04 Å². The van der Waals surface area contributed by atoms with Crippen LogP contribution in [0.25, 0.3) is 0 Å². The van der Waals surface area contributed by atoms with Crippen LogP contribution in [-0.2, 0) is 34.1 Å². The SMILES string of the molecule is Cc1ccc(S(=O)(=O)N2Cc3ccc(CO[Si](C)(C)C(C)(C)C)cc3C2)cc1. The van der Waals surface area contributed by atoms with Crippen LogP contribution in [0.3, 0.4) is 0 Å². The molecule has 1 heterocycles. The quantitative estimate of drug-likeness (QED) is 0.627. The van der Waals surface area contributed by atoms with Gasteiger partial charge < -0.3 is 4.43 Å². The van der Waals surface area contributed by atoms with Gasteiger partial charge in [-0.3, -0.25) is 0 Å². The highest BCUT2D eigenvalue weighted by Crippen LogP contribution is 2.37. The van der Waals surface area contributed by atoms with Crippen LogP contribution in [0.5, 0.6) is 0 Å². The molecule has 0 bridgehead atoms. The molecule has 0 N–H and O–H groups in total. The van der Waals surface area contributed by atoms with E-state index >= 15 is 0 Å². The molecule has 2 aromatic rings. The molecule has 1 aliphatic heterocycles. The maximum atomic E-state index is 13.0. The fourth-order valence-corrected chi connectivity index (χ4v) is 5.37. The van der Waals surface area contributed by atoms with Gasteiger partial charge in [-0.1, -0.05) is 56.7 Å². The Kier molecular flexibility index (Phi) is 5.62. The van der Waals surface area contributed by atoms with Crippen molar-refractivity contribution in [3.63, 3.8) is 0 Å². The van der Waals surface area contributed by atoms with Crippen molar-refractivity contribution in [1.82, 2.24) is 4.31 Å². The van der Waals surface area contributed by atoms with E-state index in [0.717, 1.165) is 22.3 Å². The maximum absolute atomic E-state index is 13.0. The summed E-state index contributed by atoms with van der Waals surface area (Å²) in [5, 5.41) is 0.169. The molecule has 2 aromatic carbocycles. The predicted molar refractivity (Wildman–Crippen MR) is 116 cm³/mol. The molecule has 0 saturated heterocycles. The van der Waals surface area contributed by atoms with Gasteiger partial charge in [0.25, 0.3) is 0 Å². The van der Waals surface area contributed by atoms with E-state index in [2.05, 4.69) is 46.0 Å². The average Bonchev–Trinajstić information content (AvgIpc) is 3.03. The third-order valence-electron chi connectivity index (χ3n) is 6.03. The molecule has 0 aromatic heterocycles. The highest BCUT2D eigenvalue weighted by Gasteiger charge is 2.37. The van der Waals surface area contributed by atoms with Crippen molar-refractivity contribution in [3.8, 4) is 0 Å². The van der Waals surface area contributed by atoms with Gasteiger partial charge in [-0.15, -0.1) is 0 Å². The molecule has 28 heavy (non-hydrogen) atoms. The van der Waals surface area contributed by atoms with Gasteiger partial charge in [0, 0.05) is 13.1 Å². The first kappa shape index (κ1) is 21.2. The molecule has 6 heteroatoms. The topological polar surface area (TPSA) is 46.6 Å². The van der Waals surface area contributed by atoms with Crippen molar-refractivity contribution >= 4 is 18.3 Å². The monoisotopic (exact) mass is 417 g/mol. The van der Waals surface area contributed by atoms with Crippen molar-refractivity contribution in [2.75, 3.05) is 0 Å². The van der Waals surface area contributed by atoms with E-state index in [4.69, 9.17) is 4.43 Å². The summed E-state index contributed by atoms with van der Waals surface area (Å²) in [5.41, 5.74) is 4.31. The Hall–Kier alpha value is -1.47. The Morgan fingerprint density at radius 3 is 2.21 bits per heavy atom. The minimum absolute atomic E-state index is 0.169. The Morgan fingerprint density at radius 2 is 1.61 bits per heavy atom. The highest BCUT2D eigenvalue weighted by molar-refractivity contribution is 7.89. The average molecular weight is 418 g/mol. The molecule has 0 saturated carbocycles. The third kappa shape index (κ3) is 4.25. The van der Waals surface area contributed by atoms with E-state index < -0.39 is 18.3 Å². The molecule has 0 radical (unpaired) electrons. The summed E-state index contributed by atoms with van der Waals surface area (Å²) in [6.45, 7) is 14.6. The zero-order valence-corrected chi connectivity index (χ0v) is 19.6. The standard InChI is InChI=1S/C22H31NO3SSi/c1-17-7-11-21(12-8-17)27(24,25)23-14-19-10-9-18(13-20(19)15-23)16-26-28(5,6)22(2,3)4/h7-13H,14-16H2,1-6H3. The van der Waals surface area contributed by atoms with Crippen molar-refractivity contribution in [1.29, 1.82) is 0 Å².